The molecule has 2 rings (SSSR count). The van der Waals surface area contributed by atoms with Gasteiger partial charge in [0.05, 0.1) is 6.21 Å². The van der Waals surface area contributed by atoms with Gasteiger partial charge in [0.2, 0.25) is 0 Å². The Hall–Kier alpha value is -2.60. The first-order valence-corrected chi connectivity index (χ1v) is 6.24. The Kier molecular flexibility index (Phi) is 4.73. The Morgan fingerprint density at radius 3 is 2.62 bits per heavy atom. The molecule has 0 aromatic heterocycles. The number of amides is 2. The lowest BCUT2D eigenvalue weighted by Crippen LogP contribution is -2.24. The van der Waals surface area contributed by atoms with Gasteiger partial charge >= 0.3 is 6.03 Å². The fourth-order valence-corrected chi connectivity index (χ4v) is 1.64. The molecule has 2 aromatic rings. The SMILES string of the molecule is NC(=O)N/N=C/c1ccc(Oc2ccc(Cl)cc2F)cc1. The smallest absolute Gasteiger partial charge is 0.332 e. The van der Waals surface area contributed by atoms with Crippen molar-refractivity contribution in [3.8, 4) is 11.5 Å². The summed E-state index contributed by atoms with van der Waals surface area (Å²) in [5.41, 5.74) is 7.65. The predicted molar refractivity (Wildman–Crippen MR) is 78.2 cm³/mol. The summed E-state index contributed by atoms with van der Waals surface area (Å²) in [6.45, 7) is 0. The van der Waals surface area contributed by atoms with Crippen molar-refractivity contribution in [3.05, 3.63) is 58.9 Å². The van der Waals surface area contributed by atoms with E-state index in [1.165, 1.54) is 24.4 Å². The monoisotopic (exact) mass is 307 g/mol. The summed E-state index contributed by atoms with van der Waals surface area (Å²) in [7, 11) is 0. The summed E-state index contributed by atoms with van der Waals surface area (Å²) in [6, 6.07) is 10.1. The van der Waals surface area contributed by atoms with Crippen LogP contribution in [0.4, 0.5) is 9.18 Å². The molecule has 7 heteroatoms. The number of primary amides is 1. The Morgan fingerprint density at radius 2 is 2.00 bits per heavy atom. The van der Waals surface area contributed by atoms with Gasteiger partial charge in [-0.25, -0.2) is 14.6 Å². The minimum absolute atomic E-state index is 0.0798. The zero-order valence-electron chi connectivity index (χ0n) is 10.7. The zero-order chi connectivity index (χ0) is 15.2. The molecule has 0 aliphatic rings. The number of urea groups is 1. The summed E-state index contributed by atoms with van der Waals surface area (Å²) in [4.78, 5) is 10.4. The molecule has 0 saturated carbocycles. The summed E-state index contributed by atoms with van der Waals surface area (Å²) in [6.07, 6.45) is 1.41. The zero-order valence-corrected chi connectivity index (χ0v) is 11.5. The molecule has 3 N–H and O–H groups in total. The molecule has 0 aliphatic carbocycles. The number of carbonyl (C=O) groups is 1. The lowest BCUT2D eigenvalue weighted by Gasteiger charge is -2.07. The van der Waals surface area contributed by atoms with Gasteiger partial charge in [0.15, 0.2) is 11.6 Å². The molecule has 21 heavy (non-hydrogen) atoms. The molecule has 0 spiro atoms. The number of hydrogen-bond donors (Lipinski definition) is 2. The van der Waals surface area contributed by atoms with Crippen LogP contribution < -0.4 is 15.9 Å². The number of benzene rings is 2. The predicted octanol–water partition coefficient (Wildman–Crippen LogP) is 3.27. The van der Waals surface area contributed by atoms with Crippen molar-refractivity contribution >= 4 is 23.8 Å². The summed E-state index contributed by atoms with van der Waals surface area (Å²) in [5.74, 6) is -0.00811. The molecule has 0 bridgehead atoms. The molecule has 0 heterocycles. The molecule has 2 amide bonds. The first-order valence-electron chi connectivity index (χ1n) is 5.86. The highest BCUT2D eigenvalue weighted by molar-refractivity contribution is 6.30. The van der Waals surface area contributed by atoms with Crippen LogP contribution in [-0.2, 0) is 0 Å². The largest absolute Gasteiger partial charge is 0.454 e. The van der Waals surface area contributed by atoms with Crippen molar-refractivity contribution in [3.63, 3.8) is 0 Å². The Balaban J connectivity index is 2.05. The van der Waals surface area contributed by atoms with Crippen molar-refractivity contribution in [2.45, 2.75) is 0 Å². The molecular formula is C14H11ClFN3O2. The van der Waals surface area contributed by atoms with E-state index in [0.29, 0.717) is 16.3 Å². The number of carbonyl (C=O) groups excluding carboxylic acids is 1. The van der Waals surface area contributed by atoms with Crippen LogP contribution >= 0.6 is 11.6 Å². The molecule has 0 saturated heterocycles. The maximum atomic E-state index is 13.6. The number of ether oxygens (including phenoxy) is 1. The average Bonchev–Trinajstić information content (AvgIpc) is 2.43. The van der Waals surface area contributed by atoms with E-state index in [1.54, 1.807) is 24.3 Å². The van der Waals surface area contributed by atoms with Crippen molar-refractivity contribution in [1.29, 1.82) is 0 Å². The third-order valence-electron chi connectivity index (χ3n) is 2.39. The van der Waals surface area contributed by atoms with Gasteiger partial charge in [-0.15, -0.1) is 0 Å². The lowest BCUT2D eigenvalue weighted by molar-refractivity contribution is 0.249. The normalized spacial score (nSPS) is 10.6. The summed E-state index contributed by atoms with van der Waals surface area (Å²) < 4.78 is 19.0. The maximum Gasteiger partial charge on any atom is 0.332 e. The second kappa shape index (κ2) is 6.71. The maximum absolute atomic E-state index is 13.6. The summed E-state index contributed by atoms with van der Waals surface area (Å²) in [5, 5.41) is 3.91. The number of nitrogens with one attached hydrogen (secondary N) is 1. The molecule has 2 aromatic carbocycles. The van der Waals surface area contributed by atoms with Crippen LogP contribution in [0.3, 0.4) is 0 Å². The third kappa shape index (κ3) is 4.47. The highest BCUT2D eigenvalue weighted by Gasteiger charge is 2.05. The number of hydrogen-bond acceptors (Lipinski definition) is 3. The van der Waals surface area contributed by atoms with E-state index < -0.39 is 11.8 Å². The van der Waals surface area contributed by atoms with Crippen molar-refractivity contribution in [2.75, 3.05) is 0 Å². The second-order valence-electron chi connectivity index (χ2n) is 3.98. The number of halogens is 2. The molecule has 0 unspecified atom stereocenters. The van der Waals surface area contributed by atoms with Gasteiger partial charge in [-0.1, -0.05) is 11.6 Å². The van der Waals surface area contributed by atoms with Gasteiger partial charge in [-0.3, -0.25) is 0 Å². The van der Waals surface area contributed by atoms with Crippen LogP contribution in [0.15, 0.2) is 47.6 Å². The molecule has 0 atom stereocenters. The fraction of sp³-hybridized carbons (Fsp3) is 0. The van der Waals surface area contributed by atoms with Gasteiger partial charge in [0, 0.05) is 5.02 Å². The minimum atomic E-state index is -0.746. The van der Waals surface area contributed by atoms with E-state index in [4.69, 9.17) is 22.1 Å². The van der Waals surface area contributed by atoms with Crippen LogP contribution in [0.5, 0.6) is 11.5 Å². The van der Waals surface area contributed by atoms with Crippen LogP contribution in [0.25, 0.3) is 0 Å². The van der Waals surface area contributed by atoms with Crippen LogP contribution in [-0.4, -0.2) is 12.2 Å². The molecular weight excluding hydrogens is 297 g/mol. The number of rotatable bonds is 4. The number of nitrogens with two attached hydrogens (primary N) is 1. The Bertz CT molecular complexity index is 674. The van der Waals surface area contributed by atoms with E-state index in [-0.39, 0.29) is 5.75 Å². The van der Waals surface area contributed by atoms with Crippen molar-refractivity contribution in [2.24, 2.45) is 10.8 Å². The number of nitrogens with zero attached hydrogens (tertiary/aromatic N) is 1. The van der Waals surface area contributed by atoms with E-state index >= 15 is 0 Å². The second-order valence-corrected chi connectivity index (χ2v) is 4.42. The lowest BCUT2D eigenvalue weighted by atomic mass is 10.2. The van der Waals surface area contributed by atoms with Crippen LogP contribution in [0, 0.1) is 5.82 Å². The van der Waals surface area contributed by atoms with Gasteiger partial charge in [0.1, 0.15) is 5.75 Å². The number of hydrazone groups is 1. The van der Waals surface area contributed by atoms with E-state index in [1.807, 2.05) is 0 Å². The van der Waals surface area contributed by atoms with E-state index in [9.17, 15) is 9.18 Å². The van der Waals surface area contributed by atoms with Gasteiger partial charge in [-0.05, 0) is 48.0 Å². The van der Waals surface area contributed by atoms with Gasteiger partial charge in [-0.2, -0.15) is 5.10 Å². The highest BCUT2D eigenvalue weighted by atomic mass is 35.5. The van der Waals surface area contributed by atoms with E-state index in [2.05, 4.69) is 10.5 Å². The quantitative estimate of drug-likeness (QED) is 0.672. The standard InChI is InChI=1S/C14H11ClFN3O2/c15-10-3-6-13(12(16)7-10)21-11-4-1-9(2-5-11)8-18-19-14(17)20/h1-8H,(H3,17,19,20)/b18-8+. The molecule has 5 nitrogen and oxygen atoms in total. The summed E-state index contributed by atoms with van der Waals surface area (Å²) >= 11 is 5.66. The molecule has 0 radical (unpaired) electrons. The Morgan fingerprint density at radius 1 is 1.29 bits per heavy atom. The van der Waals surface area contributed by atoms with Gasteiger partial charge < -0.3 is 10.5 Å². The topological polar surface area (TPSA) is 76.7 Å². The van der Waals surface area contributed by atoms with Crippen LogP contribution in [0.1, 0.15) is 5.56 Å². The highest BCUT2D eigenvalue weighted by Crippen LogP contribution is 2.26. The molecule has 108 valence electrons. The fourth-order valence-electron chi connectivity index (χ4n) is 1.48. The average molecular weight is 308 g/mol. The van der Waals surface area contributed by atoms with Crippen molar-refractivity contribution < 1.29 is 13.9 Å². The minimum Gasteiger partial charge on any atom is -0.454 e. The Labute approximate surface area is 125 Å². The molecule has 0 fully saturated rings. The first-order chi connectivity index (χ1) is 10.0. The van der Waals surface area contributed by atoms with Crippen LogP contribution in [0.2, 0.25) is 5.02 Å². The third-order valence-corrected chi connectivity index (χ3v) is 2.63. The molecule has 0 aliphatic heterocycles. The van der Waals surface area contributed by atoms with Crippen molar-refractivity contribution in [1.82, 2.24) is 5.43 Å². The first kappa shape index (κ1) is 14.8. The van der Waals surface area contributed by atoms with Gasteiger partial charge in [0.25, 0.3) is 0 Å². The van der Waals surface area contributed by atoms with E-state index in [0.717, 1.165) is 0 Å².